The molecule has 2 atom stereocenters. The second kappa shape index (κ2) is 10.1. The average Bonchev–Trinajstić information content (AvgIpc) is 3.03. The van der Waals surface area contributed by atoms with E-state index in [-0.39, 0.29) is 6.10 Å². The molecule has 2 unspecified atom stereocenters. The second-order valence-electron chi connectivity index (χ2n) is 8.16. The lowest BCUT2D eigenvalue weighted by molar-refractivity contribution is -0.335. The maximum atomic E-state index is 6.15. The van der Waals surface area contributed by atoms with E-state index >= 15 is 0 Å². The number of ether oxygens (including phenoxy) is 5. The van der Waals surface area contributed by atoms with Crippen molar-refractivity contribution in [2.75, 3.05) is 49.1 Å². The Kier molecular flexibility index (Phi) is 7.73. The van der Waals surface area contributed by atoms with Crippen LogP contribution in [0.15, 0.2) is 48.5 Å². The zero-order chi connectivity index (χ0) is 22.5. The maximum absolute atomic E-state index is 6.15. The lowest BCUT2D eigenvalue weighted by Gasteiger charge is -2.45. The fourth-order valence-electron chi connectivity index (χ4n) is 4.86. The van der Waals surface area contributed by atoms with E-state index in [4.69, 9.17) is 23.7 Å². The lowest BCUT2D eigenvalue weighted by atomic mass is 9.86. The first-order valence-electron chi connectivity index (χ1n) is 10.6. The first-order chi connectivity index (χ1) is 15.0. The molecule has 31 heavy (non-hydrogen) atoms. The summed E-state index contributed by atoms with van der Waals surface area (Å²) in [5, 5.41) is 0. The van der Waals surface area contributed by atoms with E-state index < -0.39 is 11.4 Å². The maximum Gasteiger partial charge on any atom is 0.227 e. The van der Waals surface area contributed by atoms with Gasteiger partial charge in [0.1, 0.15) is 11.9 Å². The lowest BCUT2D eigenvalue weighted by Crippen LogP contribution is -2.55. The molecule has 0 bridgehead atoms. The largest absolute Gasteiger partial charge is 0.494 e. The number of benzene rings is 2. The van der Waals surface area contributed by atoms with Gasteiger partial charge in [0.25, 0.3) is 0 Å². The Balaban J connectivity index is 1.74. The molecular weight excluding hydrogens is 394 g/mol. The summed E-state index contributed by atoms with van der Waals surface area (Å²) in [4.78, 5) is 2.14. The summed E-state index contributed by atoms with van der Waals surface area (Å²) >= 11 is 0. The Morgan fingerprint density at radius 2 is 1.55 bits per heavy atom. The van der Waals surface area contributed by atoms with Crippen molar-refractivity contribution < 1.29 is 23.7 Å². The Morgan fingerprint density at radius 3 is 2.13 bits per heavy atom. The van der Waals surface area contributed by atoms with Gasteiger partial charge in [-0.05, 0) is 50.2 Å². The third kappa shape index (κ3) is 4.23. The average molecular weight is 430 g/mol. The molecule has 0 amide bonds. The molecule has 2 aromatic rings. The van der Waals surface area contributed by atoms with Gasteiger partial charge in [-0.25, -0.2) is 0 Å². The van der Waals surface area contributed by atoms with Crippen molar-refractivity contribution in [3.63, 3.8) is 0 Å². The highest BCUT2D eigenvalue weighted by atomic mass is 16.7. The van der Waals surface area contributed by atoms with Crippen molar-refractivity contribution in [1.29, 1.82) is 0 Å². The summed E-state index contributed by atoms with van der Waals surface area (Å²) < 4.78 is 30.1. The summed E-state index contributed by atoms with van der Waals surface area (Å²) in [6.45, 7) is 1.46. The van der Waals surface area contributed by atoms with Crippen molar-refractivity contribution in [2.24, 2.45) is 0 Å². The molecule has 170 valence electrons. The zero-order valence-corrected chi connectivity index (χ0v) is 19.5. The summed E-state index contributed by atoms with van der Waals surface area (Å²) in [7, 11) is 10.8. The molecule has 1 aliphatic rings. The first-order valence-corrected chi connectivity index (χ1v) is 10.6. The van der Waals surface area contributed by atoms with Crippen LogP contribution in [0.4, 0.5) is 0 Å². The fourth-order valence-corrected chi connectivity index (χ4v) is 4.86. The van der Waals surface area contributed by atoms with Gasteiger partial charge in [0.2, 0.25) is 5.79 Å². The summed E-state index contributed by atoms with van der Waals surface area (Å²) in [5.41, 5.74) is 2.37. The molecule has 0 aromatic heterocycles. The van der Waals surface area contributed by atoms with Crippen LogP contribution in [0.5, 0.6) is 5.75 Å². The molecule has 0 aliphatic heterocycles. The number of hydrogen-bond donors (Lipinski definition) is 0. The van der Waals surface area contributed by atoms with Crippen molar-refractivity contribution in [3.8, 4) is 5.75 Å². The zero-order valence-electron chi connectivity index (χ0n) is 19.5. The molecule has 0 heterocycles. The molecule has 0 spiro atoms. The fraction of sp³-hybridized carbons (Fsp3) is 0.520. The molecule has 0 N–H and O–H groups in total. The highest BCUT2D eigenvalue weighted by Crippen LogP contribution is 2.58. The summed E-state index contributed by atoms with van der Waals surface area (Å²) in [6.07, 6.45) is 1.06. The van der Waals surface area contributed by atoms with E-state index in [1.54, 1.807) is 28.4 Å². The molecule has 1 aliphatic carbocycles. The number of methoxy groups -OCH3 is 4. The molecule has 0 fully saturated rings. The van der Waals surface area contributed by atoms with Gasteiger partial charge in [0, 0.05) is 40.5 Å². The Bertz CT molecular complexity index is 834. The standard InChI is InChI=1S/C25H35NO5/c1-26(2)18-19-12-14-20(15-13-19)31-17-9-16-24(28-4)23(27-3)21-10-7-8-11-22(21)25(24,29-5)30-6/h7-8,10-15,23H,9,16-18H2,1-6H3. The second-order valence-corrected chi connectivity index (χ2v) is 8.16. The van der Waals surface area contributed by atoms with Crippen LogP contribution in [-0.2, 0) is 31.3 Å². The Labute approximate surface area is 186 Å². The van der Waals surface area contributed by atoms with Gasteiger partial charge in [-0.3, -0.25) is 0 Å². The topological polar surface area (TPSA) is 49.4 Å². The van der Waals surface area contributed by atoms with E-state index in [0.717, 1.165) is 29.8 Å². The van der Waals surface area contributed by atoms with Crippen molar-refractivity contribution >= 4 is 0 Å². The molecule has 0 saturated heterocycles. The van der Waals surface area contributed by atoms with Gasteiger partial charge in [-0.1, -0.05) is 36.4 Å². The molecular formula is C25H35NO5. The van der Waals surface area contributed by atoms with E-state index in [9.17, 15) is 0 Å². The van der Waals surface area contributed by atoms with Gasteiger partial charge >= 0.3 is 0 Å². The molecule has 0 radical (unpaired) electrons. The highest BCUT2D eigenvalue weighted by Gasteiger charge is 2.65. The van der Waals surface area contributed by atoms with E-state index in [2.05, 4.69) is 31.1 Å². The van der Waals surface area contributed by atoms with Crippen LogP contribution in [0.25, 0.3) is 0 Å². The van der Waals surface area contributed by atoms with E-state index in [1.807, 2.05) is 36.4 Å². The monoisotopic (exact) mass is 429 g/mol. The predicted molar refractivity (Wildman–Crippen MR) is 120 cm³/mol. The molecule has 6 heteroatoms. The Hall–Kier alpha value is -1.96. The minimum atomic E-state index is -1.06. The molecule has 3 rings (SSSR count). The smallest absolute Gasteiger partial charge is 0.227 e. The van der Waals surface area contributed by atoms with Crippen LogP contribution in [0.3, 0.4) is 0 Å². The normalized spacial score (nSPS) is 22.0. The van der Waals surface area contributed by atoms with Gasteiger partial charge in [-0.2, -0.15) is 0 Å². The first kappa shape index (κ1) is 23.7. The van der Waals surface area contributed by atoms with Crippen molar-refractivity contribution in [1.82, 2.24) is 4.90 Å². The third-order valence-electron chi connectivity index (χ3n) is 6.14. The molecule has 2 aromatic carbocycles. The number of hydrogen-bond acceptors (Lipinski definition) is 6. The number of fused-ring (bicyclic) bond motifs is 1. The molecule has 0 saturated carbocycles. The van der Waals surface area contributed by atoms with Gasteiger partial charge in [0.15, 0.2) is 5.60 Å². The third-order valence-corrected chi connectivity index (χ3v) is 6.14. The quantitative estimate of drug-likeness (QED) is 0.395. The van der Waals surface area contributed by atoms with Crippen LogP contribution in [0.2, 0.25) is 0 Å². The van der Waals surface area contributed by atoms with Gasteiger partial charge in [-0.15, -0.1) is 0 Å². The minimum Gasteiger partial charge on any atom is -0.494 e. The van der Waals surface area contributed by atoms with Crippen LogP contribution in [-0.4, -0.2) is 59.6 Å². The van der Waals surface area contributed by atoms with E-state index in [0.29, 0.717) is 13.0 Å². The van der Waals surface area contributed by atoms with E-state index in [1.165, 1.54) is 5.56 Å². The minimum absolute atomic E-state index is 0.320. The molecule has 6 nitrogen and oxygen atoms in total. The van der Waals surface area contributed by atoms with Crippen LogP contribution < -0.4 is 4.74 Å². The summed E-state index contributed by atoms with van der Waals surface area (Å²) in [5.74, 6) is -0.205. The summed E-state index contributed by atoms with van der Waals surface area (Å²) in [6, 6.07) is 16.3. The SMILES string of the molecule is COC1c2ccccc2C(OC)(OC)C1(CCCOc1ccc(CN(C)C)cc1)OC. The van der Waals surface area contributed by atoms with Crippen molar-refractivity contribution in [2.45, 2.75) is 36.9 Å². The van der Waals surface area contributed by atoms with Gasteiger partial charge in [0.05, 0.1) is 6.61 Å². The highest BCUT2D eigenvalue weighted by molar-refractivity contribution is 5.44. The predicted octanol–water partition coefficient (Wildman–Crippen LogP) is 4.14. The van der Waals surface area contributed by atoms with Crippen LogP contribution in [0, 0.1) is 0 Å². The van der Waals surface area contributed by atoms with Gasteiger partial charge < -0.3 is 28.6 Å². The number of nitrogens with zero attached hydrogens (tertiary/aromatic N) is 1. The number of rotatable bonds is 11. The van der Waals surface area contributed by atoms with Crippen molar-refractivity contribution in [3.05, 3.63) is 65.2 Å². The van der Waals surface area contributed by atoms with Crippen LogP contribution in [0.1, 0.15) is 35.6 Å². The van der Waals surface area contributed by atoms with Crippen LogP contribution >= 0.6 is 0 Å². The Morgan fingerprint density at radius 1 is 0.871 bits per heavy atom.